The molecule has 142 valence electrons. The third-order valence-corrected chi connectivity index (χ3v) is 3.54. The number of hydrogen-bond donors (Lipinski definition) is 2. The highest BCUT2D eigenvalue weighted by Crippen LogP contribution is 2.16. The van der Waals surface area contributed by atoms with Crippen molar-refractivity contribution in [2.75, 3.05) is 20.2 Å². The first kappa shape index (κ1) is 19.8. The van der Waals surface area contributed by atoms with Gasteiger partial charge >= 0.3 is 6.18 Å². The number of halogens is 3. The molecule has 0 aliphatic rings. The van der Waals surface area contributed by atoms with Crippen molar-refractivity contribution in [3.05, 3.63) is 59.9 Å². The predicted molar refractivity (Wildman–Crippen MR) is 94.8 cm³/mol. The average molecular weight is 368 g/mol. The first-order valence-electron chi connectivity index (χ1n) is 8.24. The fraction of sp³-hybridized carbons (Fsp3) is 0.389. The minimum atomic E-state index is -4.31. The summed E-state index contributed by atoms with van der Waals surface area (Å²) in [6, 6.07) is 11.2. The average Bonchev–Trinajstić information content (AvgIpc) is 3.10. The second kappa shape index (κ2) is 9.86. The van der Waals surface area contributed by atoms with E-state index in [1.165, 1.54) is 0 Å². The number of rotatable bonds is 8. The Kier molecular flexibility index (Phi) is 7.53. The van der Waals surface area contributed by atoms with Gasteiger partial charge in [-0.1, -0.05) is 24.3 Å². The predicted octanol–water partition coefficient (Wildman–Crippen LogP) is 2.93. The number of ether oxygens (including phenoxy) is 1. The zero-order valence-electron chi connectivity index (χ0n) is 14.6. The van der Waals surface area contributed by atoms with Crippen molar-refractivity contribution in [3.8, 4) is 0 Å². The lowest BCUT2D eigenvalue weighted by Gasteiger charge is -2.13. The monoisotopic (exact) mass is 368 g/mol. The first-order chi connectivity index (χ1) is 12.5. The van der Waals surface area contributed by atoms with Crippen LogP contribution in [0.3, 0.4) is 0 Å². The molecule has 0 fully saturated rings. The second-order valence-electron chi connectivity index (χ2n) is 5.70. The standard InChI is InChI=1S/C18H23F3N4O/c1-22-17(23-7-10-25-8-2-3-9-25)24-12-15-5-4-6-16(11-15)13-26-14-18(19,20)21/h2-6,8-9,11H,7,10,12-14H2,1H3,(H2,22,23,24). The van der Waals surface area contributed by atoms with Crippen molar-refractivity contribution in [1.29, 1.82) is 0 Å². The van der Waals surface area contributed by atoms with E-state index in [4.69, 9.17) is 4.74 Å². The summed E-state index contributed by atoms with van der Waals surface area (Å²) in [6.45, 7) is 0.736. The molecule has 0 unspecified atom stereocenters. The minimum absolute atomic E-state index is 0.0722. The summed E-state index contributed by atoms with van der Waals surface area (Å²) in [5, 5.41) is 6.39. The van der Waals surface area contributed by atoms with Crippen molar-refractivity contribution in [2.45, 2.75) is 25.9 Å². The maximum absolute atomic E-state index is 12.1. The van der Waals surface area contributed by atoms with Gasteiger partial charge in [-0.05, 0) is 23.3 Å². The Morgan fingerprint density at radius 1 is 1.12 bits per heavy atom. The van der Waals surface area contributed by atoms with Gasteiger partial charge in [0.1, 0.15) is 6.61 Å². The molecule has 0 saturated heterocycles. The third-order valence-electron chi connectivity index (χ3n) is 3.54. The molecule has 1 aromatic carbocycles. The lowest BCUT2D eigenvalue weighted by atomic mass is 10.1. The molecule has 0 amide bonds. The van der Waals surface area contributed by atoms with Crippen molar-refractivity contribution in [1.82, 2.24) is 15.2 Å². The van der Waals surface area contributed by atoms with Gasteiger partial charge in [0.2, 0.25) is 0 Å². The van der Waals surface area contributed by atoms with Crippen LogP contribution < -0.4 is 10.6 Å². The summed E-state index contributed by atoms with van der Waals surface area (Å²) in [5.41, 5.74) is 1.63. The van der Waals surface area contributed by atoms with Crippen LogP contribution in [0.15, 0.2) is 53.8 Å². The number of guanidine groups is 1. The van der Waals surface area contributed by atoms with E-state index in [2.05, 4.69) is 20.2 Å². The van der Waals surface area contributed by atoms with E-state index in [0.717, 1.165) is 18.7 Å². The Labute approximate surface area is 150 Å². The van der Waals surface area contributed by atoms with E-state index in [1.807, 2.05) is 36.7 Å². The summed E-state index contributed by atoms with van der Waals surface area (Å²) in [5.74, 6) is 0.663. The summed E-state index contributed by atoms with van der Waals surface area (Å²) >= 11 is 0. The topological polar surface area (TPSA) is 50.6 Å². The van der Waals surface area contributed by atoms with Crippen LogP contribution in [0.25, 0.3) is 0 Å². The van der Waals surface area contributed by atoms with E-state index in [9.17, 15) is 13.2 Å². The van der Waals surface area contributed by atoms with Crippen molar-refractivity contribution in [2.24, 2.45) is 4.99 Å². The van der Waals surface area contributed by atoms with Crippen molar-refractivity contribution < 1.29 is 17.9 Å². The summed E-state index contributed by atoms with van der Waals surface area (Å²) in [4.78, 5) is 4.16. The van der Waals surface area contributed by atoms with E-state index in [0.29, 0.717) is 18.1 Å². The first-order valence-corrected chi connectivity index (χ1v) is 8.24. The zero-order chi connectivity index (χ0) is 18.8. The summed E-state index contributed by atoms with van der Waals surface area (Å²) < 4.78 is 43.1. The molecular weight excluding hydrogens is 345 g/mol. The number of aromatic nitrogens is 1. The van der Waals surface area contributed by atoms with Crippen molar-refractivity contribution >= 4 is 5.96 Å². The maximum Gasteiger partial charge on any atom is 0.411 e. The number of hydrogen-bond acceptors (Lipinski definition) is 2. The Balaban J connectivity index is 1.75. The van der Waals surface area contributed by atoms with Gasteiger partial charge in [-0.3, -0.25) is 4.99 Å². The number of aliphatic imine (C=N–C) groups is 1. The molecule has 2 rings (SSSR count). The van der Waals surface area contributed by atoms with Gasteiger partial charge < -0.3 is 19.9 Å². The molecule has 26 heavy (non-hydrogen) atoms. The lowest BCUT2D eigenvalue weighted by Crippen LogP contribution is -2.38. The summed E-state index contributed by atoms with van der Waals surface area (Å²) in [6.07, 6.45) is -0.327. The Morgan fingerprint density at radius 2 is 1.85 bits per heavy atom. The quantitative estimate of drug-likeness (QED) is 0.556. The molecule has 1 heterocycles. The molecule has 2 aromatic rings. The molecular formula is C18H23F3N4O. The van der Waals surface area contributed by atoms with Crippen LogP contribution in [0.1, 0.15) is 11.1 Å². The van der Waals surface area contributed by atoms with Gasteiger partial charge in [0.15, 0.2) is 5.96 Å². The third kappa shape index (κ3) is 7.60. The van der Waals surface area contributed by atoms with E-state index in [1.54, 1.807) is 19.2 Å². The molecule has 8 heteroatoms. The zero-order valence-corrected chi connectivity index (χ0v) is 14.6. The van der Waals surface area contributed by atoms with Gasteiger partial charge in [0.25, 0.3) is 0 Å². The molecule has 0 aliphatic heterocycles. The normalized spacial score (nSPS) is 12.2. The highest BCUT2D eigenvalue weighted by atomic mass is 19.4. The van der Waals surface area contributed by atoms with Gasteiger partial charge in [-0.15, -0.1) is 0 Å². The molecule has 2 N–H and O–H groups in total. The SMILES string of the molecule is CN=C(NCCn1cccc1)NCc1cccc(COCC(F)(F)F)c1. The van der Waals surface area contributed by atoms with Crippen LogP contribution >= 0.6 is 0 Å². The Hall–Kier alpha value is -2.48. The fourth-order valence-electron chi connectivity index (χ4n) is 2.34. The number of nitrogens with zero attached hydrogens (tertiary/aromatic N) is 2. The van der Waals surface area contributed by atoms with Crippen LogP contribution in [0, 0.1) is 0 Å². The molecule has 0 atom stereocenters. The Morgan fingerprint density at radius 3 is 2.54 bits per heavy atom. The van der Waals surface area contributed by atoms with Gasteiger partial charge in [-0.25, -0.2) is 0 Å². The van der Waals surface area contributed by atoms with Crippen molar-refractivity contribution in [3.63, 3.8) is 0 Å². The number of benzene rings is 1. The van der Waals surface area contributed by atoms with Crippen LogP contribution in [-0.4, -0.2) is 36.9 Å². The maximum atomic E-state index is 12.1. The molecule has 5 nitrogen and oxygen atoms in total. The molecule has 0 aliphatic carbocycles. The highest BCUT2D eigenvalue weighted by molar-refractivity contribution is 5.79. The van der Waals surface area contributed by atoms with E-state index in [-0.39, 0.29) is 6.61 Å². The largest absolute Gasteiger partial charge is 0.411 e. The van der Waals surface area contributed by atoms with Crippen LogP contribution in [0.5, 0.6) is 0 Å². The minimum Gasteiger partial charge on any atom is -0.367 e. The molecule has 0 radical (unpaired) electrons. The van der Waals surface area contributed by atoms with E-state index >= 15 is 0 Å². The molecule has 0 saturated carbocycles. The fourth-order valence-corrected chi connectivity index (χ4v) is 2.34. The Bertz CT molecular complexity index is 684. The number of alkyl halides is 3. The van der Waals surface area contributed by atoms with Crippen LogP contribution in [0.4, 0.5) is 13.2 Å². The van der Waals surface area contributed by atoms with E-state index < -0.39 is 12.8 Å². The van der Waals surface area contributed by atoms with Gasteiger partial charge in [0.05, 0.1) is 6.61 Å². The van der Waals surface area contributed by atoms with Crippen LogP contribution in [-0.2, 0) is 24.4 Å². The molecule has 0 spiro atoms. The highest BCUT2D eigenvalue weighted by Gasteiger charge is 2.27. The second-order valence-corrected chi connectivity index (χ2v) is 5.70. The molecule has 1 aromatic heterocycles. The smallest absolute Gasteiger partial charge is 0.367 e. The molecule has 0 bridgehead atoms. The lowest BCUT2D eigenvalue weighted by molar-refractivity contribution is -0.176. The van der Waals surface area contributed by atoms with Gasteiger partial charge in [0, 0.05) is 39.1 Å². The number of nitrogens with one attached hydrogen (secondary N) is 2. The van der Waals surface area contributed by atoms with Gasteiger partial charge in [-0.2, -0.15) is 13.2 Å². The van der Waals surface area contributed by atoms with Crippen LogP contribution in [0.2, 0.25) is 0 Å². The summed E-state index contributed by atoms with van der Waals surface area (Å²) in [7, 11) is 1.69.